The zero-order valence-corrected chi connectivity index (χ0v) is 15.8. The molecule has 1 unspecified atom stereocenters. The molecule has 0 radical (unpaired) electrons. The zero-order chi connectivity index (χ0) is 20.4. The molecule has 3 aromatic rings. The van der Waals surface area contributed by atoms with Crippen molar-refractivity contribution >= 4 is 17.4 Å². The molecule has 1 aliphatic heterocycles. The molecule has 29 heavy (non-hydrogen) atoms. The number of aromatic nitrogens is 2. The van der Waals surface area contributed by atoms with E-state index in [0.717, 1.165) is 11.1 Å². The van der Waals surface area contributed by atoms with Gasteiger partial charge in [0, 0.05) is 48.4 Å². The summed E-state index contributed by atoms with van der Waals surface area (Å²) in [6, 6.07) is 11.5. The Morgan fingerprint density at radius 3 is 2.76 bits per heavy atom. The van der Waals surface area contributed by atoms with Crippen LogP contribution in [0.4, 0.5) is 14.9 Å². The van der Waals surface area contributed by atoms with E-state index >= 15 is 0 Å². The van der Waals surface area contributed by atoms with E-state index in [-0.39, 0.29) is 24.4 Å². The first-order chi connectivity index (χ1) is 14.0. The van der Waals surface area contributed by atoms with Gasteiger partial charge < -0.3 is 21.7 Å². The van der Waals surface area contributed by atoms with E-state index < -0.39 is 0 Å². The van der Waals surface area contributed by atoms with Gasteiger partial charge >= 0.3 is 6.03 Å². The highest BCUT2D eigenvalue weighted by Crippen LogP contribution is 2.33. The molecule has 148 valence electrons. The minimum absolute atomic E-state index is 0.213. The predicted octanol–water partition coefficient (Wildman–Crippen LogP) is 2.95. The molecule has 0 bridgehead atoms. The number of carbonyl (C=O) groups excluding carboxylic acids is 1. The van der Waals surface area contributed by atoms with Gasteiger partial charge in [0.1, 0.15) is 5.82 Å². The fourth-order valence-electron chi connectivity index (χ4n) is 3.44. The first-order valence-corrected chi connectivity index (χ1v) is 9.16. The fraction of sp³-hybridized carbons (Fsp3) is 0.143. The lowest BCUT2D eigenvalue weighted by molar-refractivity contribution is 0.251. The molecule has 0 fully saturated rings. The number of nitrogens with two attached hydrogens (primary N) is 1. The third-order valence-corrected chi connectivity index (χ3v) is 4.84. The van der Waals surface area contributed by atoms with Crippen LogP contribution in [-0.4, -0.2) is 22.4 Å². The molecular weight excluding hydrogens is 371 g/mol. The van der Waals surface area contributed by atoms with Gasteiger partial charge in [-0.3, -0.25) is 4.68 Å². The molecule has 0 aliphatic carbocycles. The average molecular weight is 392 g/mol. The van der Waals surface area contributed by atoms with Gasteiger partial charge in [-0.15, -0.1) is 0 Å². The van der Waals surface area contributed by atoms with Gasteiger partial charge in [0.25, 0.3) is 0 Å². The number of benzene rings is 2. The molecule has 2 amide bonds. The smallest absolute Gasteiger partial charge is 0.319 e. The monoisotopic (exact) mass is 392 g/mol. The molecule has 4 rings (SSSR count). The molecule has 2 aromatic carbocycles. The number of anilines is 1. The largest absolute Gasteiger partial charge is 0.403 e. The standard InChI is InChI=1S/C21H21FN6O/c1-28-12-14(10-25-28)13-5-7-15(8-6-13)26-21(29)24-11-19-20-16(18(9-23)27-19)3-2-4-17(20)22/h2-10,12,19,27H,11,23H2,1H3,(H2,24,26,29)/b18-9-. The Morgan fingerprint density at radius 1 is 1.28 bits per heavy atom. The molecule has 0 saturated carbocycles. The molecule has 1 atom stereocenters. The van der Waals surface area contributed by atoms with Crippen LogP contribution in [0.25, 0.3) is 16.8 Å². The number of urea groups is 1. The van der Waals surface area contributed by atoms with Gasteiger partial charge in [-0.25, -0.2) is 9.18 Å². The lowest BCUT2D eigenvalue weighted by Gasteiger charge is -2.15. The summed E-state index contributed by atoms with van der Waals surface area (Å²) in [6.45, 7) is 0.213. The van der Waals surface area contributed by atoms with Crippen LogP contribution in [0.3, 0.4) is 0 Å². The summed E-state index contributed by atoms with van der Waals surface area (Å²) in [7, 11) is 1.86. The molecular formula is C21H21FN6O. The Hall–Kier alpha value is -3.81. The van der Waals surface area contributed by atoms with Crippen LogP contribution in [0.2, 0.25) is 0 Å². The molecule has 1 aliphatic rings. The molecule has 0 saturated heterocycles. The van der Waals surface area contributed by atoms with E-state index in [2.05, 4.69) is 21.0 Å². The lowest BCUT2D eigenvalue weighted by Crippen LogP contribution is -2.35. The van der Waals surface area contributed by atoms with Crippen LogP contribution in [0.15, 0.2) is 61.1 Å². The van der Waals surface area contributed by atoms with E-state index in [1.807, 2.05) is 37.5 Å². The normalized spacial score (nSPS) is 16.3. The van der Waals surface area contributed by atoms with Crippen molar-refractivity contribution in [2.24, 2.45) is 12.8 Å². The third-order valence-electron chi connectivity index (χ3n) is 4.84. The van der Waals surface area contributed by atoms with Crippen molar-refractivity contribution in [1.82, 2.24) is 20.4 Å². The molecule has 8 heteroatoms. The van der Waals surface area contributed by atoms with Crippen LogP contribution in [0, 0.1) is 5.82 Å². The summed E-state index contributed by atoms with van der Waals surface area (Å²) in [4.78, 5) is 12.3. The van der Waals surface area contributed by atoms with E-state index in [1.54, 1.807) is 23.0 Å². The Bertz CT molecular complexity index is 1070. The first-order valence-electron chi connectivity index (χ1n) is 9.16. The SMILES string of the molecule is Cn1cc(-c2ccc(NC(=O)NCC3N/C(=C\N)c4cccc(F)c43)cc2)cn1. The Balaban J connectivity index is 1.38. The van der Waals surface area contributed by atoms with Gasteiger partial charge in [-0.1, -0.05) is 24.3 Å². The highest BCUT2D eigenvalue weighted by Gasteiger charge is 2.28. The number of aryl methyl sites for hydroxylation is 1. The number of hydrogen-bond acceptors (Lipinski definition) is 4. The second-order valence-electron chi connectivity index (χ2n) is 6.79. The summed E-state index contributed by atoms with van der Waals surface area (Å²) in [5, 5.41) is 12.8. The van der Waals surface area contributed by atoms with Gasteiger partial charge in [-0.2, -0.15) is 5.10 Å². The third kappa shape index (κ3) is 3.77. The van der Waals surface area contributed by atoms with Gasteiger partial charge in [0.15, 0.2) is 0 Å². The number of amides is 2. The van der Waals surface area contributed by atoms with E-state index in [9.17, 15) is 9.18 Å². The van der Waals surface area contributed by atoms with Crippen LogP contribution < -0.4 is 21.7 Å². The predicted molar refractivity (Wildman–Crippen MR) is 110 cm³/mol. The highest BCUT2D eigenvalue weighted by atomic mass is 19.1. The Morgan fingerprint density at radius 2 is 2.07 bits per heavy atom. The minimum atomic E-state index is -0.389. The molecule has 2 heterocycles. The van der Waals surface area contributed by atoms with E-state index in [4.69, 9.17) is 5.73 Å². The van der Waals surface area contributed by atoms with Crippen LogP contribution in [0.5, 0.6) is 0 Å². The molecule has 5 N–H and O–H groups in total. The lowest BCUT2D eigenvalue weighted by atomic mass is 10.0. The first kappa shape index (κ1) is 18.5. The topological polar surface area (TPSA) is 97.0 Å². The Labute approximate surface area is 167 Å². The van der Waals surface area contributed by atoms with E-state index in [1.165, 1.54) is 12.3 Å². The summed E-state index contributed by atoms with van der Waals surface area (Å²) >= 11 is 0. The maximum absolute atomic E-state index is 14.3. The zero-order valence-electron chi connectivity index (χ0n) is 15.8. The van der Waals surface area contributed by atoms with Gasteiger partial charge in [0.05, 0.1) is 17.9 Å². The second kappa shape index (κ2) is 7.67. The number of fused-ring (bicyclic) bond motifs is 1. The molecule has 1 aromatic heterocycles. The summed E-state index contributed by atoms with van der Waals surface area (Å²) in [5.74, 6) is -0.329. The quantitative estimate of drug-likeness (QED) is 0.549. The van der Waals surface area contributed by atoms with Crippen molar-refractivity contribution in [1.29, 1.82) is 0 Å². The number of halogens is 1. The van der Waals surface area contributed by atoms with Crippen LogP contribution in [0.1, 0.15) is 17.2 Å². The molecule has 0 spiro atoms. The van der Waals surface area contributed by atoms with Crippen molar-refractivity contribution < 1.29 is 9.18 Å². The maximum Gasteiger partial charge on any atom is 0.319 e. The van der Waals surface area contributed by atoms with Crippen molar-refractivity contribution in [3.8, 4) is 11.1 Å². The second-order valence-corrected chi connectivity index (χ2v) is 6.79. The van der Waals surface area contributed by atoms with Crippen LogP contribution in [-0.2, 0) is 7.05 Å². The van der Waals surface area contributed by atoms with E-state index in [0.29, 0.717) is 22.5 Å². The number of carbonyl (C=O) groups is 1. The maximum atomic E-state index is 14.3. The summed E-state index contributed by atoms with van der Waals surface area (Å²) in [6.07, 6.45) is 5.11. The number of nitrogens with zero attached hydrogens (tertiary/aromatic N) is 2. The fourth-order valence-corrected chi connectivity index (χ4v) is 3.44. The summed E-state index contributed by atoms with van der Waals surface area (Å²) in [5.41, 5.74) is 10.2. The number of nitrogens with one attached hydrogen (secondary N) is 3. The van der Waals surface area contributed by atoms with Gasteiger partial charge in [0.2, 0.25) is 0 Å². The average Bonchev–Trinajstić information content (AvgIpc) is 3.31. The van der Waals surface area contributed by atoms with Gasteiger partial charge in [-0.05, 0) is 23.8 Å². The van der Waals surface area contributed by atoms with Crippen molar-refractivity contribution in [3.63, 3.8) is 0 Å². The number of hydrogen-bond donors (Lipinski definition) is 4. The van der Waals surface area contributed by atoms with Crippen molar-refractivity contribution in [2.45, 2.75) is 6.04 Å². The minimum Gasteiger partial charge on any atom is -0.403 e. The highest BCUT2D eigenvalue weighted by molar-refractivity contribution is 5.89. The summed E-state index contributed by atoms with van der Waals surface area (Å²) < 4.78 is 16.0. The van der Waals surface area contributed by atoms with Crippen molar-refractivity contribution in [3.05, 3.63) is 78.0 Å². The Kier molecular flexibility index (Phi) is 4.90. The van der Waals surface area contributed by atoms with Crippen LogP contribution >= 0.6 is 0 Å². The molecule has 7 nitrogen and oxygen atoms in total. The number of rotatable bonds is 4. The van der Waals surface area contributed by atoms with Crippen molar-refractivity contribution in [2.75, 3.05) is 11.9 Å².